The molecule has 1 rings (SSSR count). The van der Waals surface area contributed by atoms with E-state index < -0.39 is 10.0 Å². The molecule has 0 saturated heterocycles. The molecular weight excluding hydrogens is 240 g/mol. The van der Waals surface area contributed by atoms with Crippen LogP contribution < -0.4 is 10.5 Å². The Morgan fingerprint density at radius 2 is 2.06 bits per heavy atom. The molecular formula is C10H20N4O2S. The lowest BCUT2D eigenvalue weighted by Gasteiger charge is -2.14. The highest BCUT2D eigenvalue weighted by molar-refractivity contribution is 7.89. The zero-order valence-corrected chi connectivity index (χ0v) is 11.2. The molecule has 0 aliphatic heterocycles. The molecule has 1 aromatic rings. The normalized spacial score (nSPS) is 14.1. The van der Waals surface area contributed by atoms with Crippen molar-refractivity contribution in [2.45, 2.75) is 44.6 Å². The standard InChI is InChI=1S/C10H20N4O2S/c1-7(2)4-5-8(3)14-17(15,16)9-6-12-13-10(9)11/h6-8,14H,4-5H2,1-3H3,(H3,11,12,13). The molecule has 0 radical (unpaired) electrons. The second kappa shape index (κ2) is 5.50. The Morgan fingerprint density at radius 3 is 2.53 bits per heavy atom. The molecule has 0 aliphatic rings. The number of sulfonamides is 1. The van der Waals surface area contributed by atoms with Gasteiger partial charge < -0.3 is 5.73 Å². The Labute approximate surface area is 102 Å². The van der Waals surface area contributed by atoms with Crippen LogP contribution in [0.1, 0.15) is 33.6 Å². The molecule has 0 fully saturated rings. The van der Waals surface area contributed by atoms with Gasteiger partial charge in [-0.2, -0.15) is 5.10 Å². The molecule has 0 spiro atoms. The minimum absolute atomic E-state index is 0.00824. The number of H-pyrrole nitrogens is 1. The van der Waals surface area contributed by atoms with Crippen molar-refractivity contribution in [1.82, 2.24) is 14.9 Å². The van der Waals surface area contributed by atoms with Crippen molar-refractivity contribution in [3.8, 4) is 0 Å². The molecule has 7 heteroatoms. The van der Waals surface area contributed by atoms with Crippen LogP contribution in [0, 0.1) is 5.92 Å². The summed E-state index contributed by atoms with van der Waals surface area (Å²) in [6, 6.07) is -0.114. The van der Waals surface area contributed by atoms with Gasteiger partial charge in [-0.1, -0.05) is 13.8 Å². The van der Waals surface area contributed by atoms with Gasteiger partial charge >= 0.3 is 0 Å². The highest BCUT2D eigenvalue weighted by Crippen LogP contribution is 2.15. The second-order valence-electron chi connectivity index (χ2n) is 4.64. The van der Waals surface area contributed by atoms with Gasteiger partial charge in [-0.3, -0.25) is 5.10 Å². The molecule has 98 valence electrons. The first-order valence-corrected chi connectivity index (χ1v) is 7.12. The van der Waals surface area contributed by atoms with Crippen molar-refractivity contribution in [3.05, 3.63) is 6.20 Å². The summed E-state index contributed by atoms with van der Waals surface area (Å²) in [4.78, 5) is 0.00824. The average Bonchev–Trinajstić information content (AvgIpc) is 2.61. The minimum atomic E-state index is -3.56. The number of nitrogens with zero attached hydrogens (tertiary/aromatic N) is 1. The van der Waals surface area contributed by atoms with Crippen LogP contribution in [0.3, 0.4) is 0 Å². The molecule has 1 aromatic heterocycles. The van der Waals surface area contributed by atoms with Gasteiger partial charge in [0.15, 0.2) is 0 Å². The fourth-order valence-corrected chi connectivity index (χ4v) is 2.77. The summed E-state index contributed by atoms with van der Waals surface area (Å²) in [7, 11) is -3.56. The maximum absolute atomic E-state index is 11.9. The van der Waals surface area contributed by atoms with E-state index in [2.05, 4.69) is 28.8 Å². The zero-order chi connectivity index (χ0) is 13.1. The molecule has 1 atom stereocenters. The summed E-state index contributed by atoms with van der Waals surface area (Å²) in [5, 5.41) is 6.01. The molecule has 4 N–H and O–H groups in total. The predicted octanol–water partition coefficient (Wildman–Crippen LogP) is 1.09. The van der Waals surface area contributed by atoms with Gasteiger partial charge in [0.2, 0.25) is 10.0 Å². The Kier molecular flexibility index (Phi) is 4.53. The lowest BCUT2D eigenvalue weighted by atomic mass is 10.1. The van der Waals surface area contributed by atoms with Crippen molar-refractivity contribution < 1.29 is 8.42 Å². The highest BCUT2D eigenvalue weighted by Gasteiger charge is 2.21. The topological polar surface area (TPSA) is 101 Å². The second-order valence-corrected chi connectivity index (χ2v) is 6.32. The molecule has 0 amide bonds. The molecule has 1 unspecified atom stereocenters. The molecule has 0 aromatic carbocycles. The third kappa shape index (κ3) is 4.01. The van der Waals surface area contributed by atoms with E-state index in [1.165, 1.54) is 6.20 Å². The van der Waals surface area contributed by atoms with Crippen molar-refractivity contribution >= 4 is 15.8 Å². The van der Waals surface area contributed by atoms with Crippen molar-refractivity contribution in [2.75, 3.05) is 5.73 Å². The maximum Gasteiger partial charge on any atom is 0.246 e. The van der Waals surface area contributed by atoms with E-state index in [4.69, 9.17) is 5.73 Å². The summed E-state index contributed by atoms with van der Waals surface area (Å²) in [6.07, 6.45) is 2.99. The van der Waals surface area contributed by atoms with Crippen molar-refractivity contribution in [1.29, 1.82) is 0 Å². The fourth-order valence-electron chi connectivity index (χ4n) is 1.47. The molecule has 0 saturated carbocycles. The zero-order valence-electron chi connectivity index (χ0n) is 10.4. The van der Waals surface area contributed by atoms with E-state index in [1.807, 2.05) is 6.92 Å². The summed E-state index contributed by atoms with van der Waals surface area (Å²) in [5.41, 5.74) is 5.49. The highest BCUT2D eigenvalue weighted by atomic mass is 32.2. The Balaban J connectivity index is 2.65. The minimum Gasteiger partial charge on any atom is -0.383 e. The fraction of sp³-hybridized carbons (Fsp3) is 0.700. The average molecular weight is 260 g/mol. The summed E-state index contributed by atoms with van der Waals surface area (Å²) < 4.78 is 26.4. The maximum atomic E-state index is 11.9. The van der Waals surface area contributed by atoms with Crippen LogP contribution >= 0.6 is 0 Å². The van der Waals surface area contributed by atoms with E-state index in [1.54, 1.807) is 0 Å². The smallest absolute Gasteiger partial charge is 0.246 e. The first-order chi connectivity index (χ1) is 7.83. The monoisotopic (exact) mass is 260 g/mol. The third-order valence-corrected chi connectivity index (χ3v) is 4.07. The number of anilines is 1. The van der Waals surface area contributed by atoms with Crippen LogP contribution in [0.15, 0.2) is 11.1 Å². The summed E-state index contributed by atoms with van der Waals surface area (Å²) in [6.45, 7) is 6.06. The number of nitrogen functional groups attached to an aromatic ring is 1. The van der Waals surface area contributed by atoms with Gasteiger partial charge in [-0.25, -0.2) is 13.1 Å². The number of rotatable bonds is 6. The van der Waals surface area contributed by atoms with E-state index in [0.29, 0.717) is 5.92 Å². The Bertz CT molecular complexity index is 453. The molecule has 6 nitrogen and oxygen atoms in total. The predicted molar refractivity (Wildman–Crippen MR) is 66.9 cm³/mol. The number of hydrogen-bond acceptors (Lipinski definition) is 4. The van der Waals surface area contributed by atoms with Crippen molar-refractivity contribution in [3.63, 3.8) is 0 Å². The molecule has 0 aliphatic carbocycles. The van der Waals surface area contributed by atoms with E-state index >= 15 is 0 Å². The van der Waals surface area contributed by atoms with E-state index in [9.17, 15) is 8.42 Å². The molecule has 0 bridgehead atoms. The summed E-state index contributed by atoms with van der Waals surface area (Å²) in [5.74, 6) is 0.620. The van der Waals surface area contributed by atoms with Gasteiger partial charge in [-0.15, -0.1) is 0 Å². The molecule has 17 heavy (non-hydrogen) atoms. The van der Waals surface area contributed by atoms with Gasteiger partial charge in [0.25, 0.3) is 0 Å². The SMILES string of the molecule is CC(C)CCC(C)NS(=O)(=O)c1cn[nH]c1N. The number of nitrogens with one attached hydrogen (secondary N) is 2. The third-order valence-electron chi connectivity index (χ3n) is 2.46. The largest absolute Gasteiger partial charge is 0.383 e. The van der Waals surface area contributed by atoms with Crippen LogP contribution in [0.4, 0.5) is 5.82 Å². The van der Waals surface area contributed by atoms with Gasteiger partial charge in [0, 0.05) is 6.04 Å². The van der Waals surface area contributed by atoms with Crippen LogP contribution in [-0.2, 0) is 10.0 Å². The summed E-state index contributed by atoms with van der Waals surface area (Å²) >= 11 is 0. The van der Waals surface area contributed by atoms with E-state index in [-0.39, 0.29) is 16.8 Å². The number of aromatic nitrogens is 2. The quantitative estimate of drug-likeness (QED) is 0.712. The first kappa shape index (κ1) is 14.0. The number of nitrogens with two attached hydrogens (primary N) is 1. The van der Waals surface area contributed by atoms with Gasteiger partial charge in [0.1, 0.15) is 10.7 Å². The van der Waals surface area contributed by atoms with Gasteiger partial charge in [0.05, 0.1) is 6.20 Å². The number of aromatic amines is 1. The Morgan fingerprint density at radius 1 is 1.41 bits per heavy atom. The lowest BCUT2D eigenvalue weighted by molar-refractivity contribution is 0.485. The lowest BCUT2D eigenvalue weighted by Crippen LogP contribution is -2.33. The van der Waals surface area contributed by atoms with Crippen LogP contribution in [0.5, 0.6) is 0 Å². The van der Waals surface area contributed by atoms with Gasteiger partial charge in [-0.05, 0) is 25.7 Å². The Hall–Kier alpha value is -1.08. The van der Waals surface area contributed by atoms with Crippen LogP contribution in [0.2, 0.25) is 0 Å². The van der Waals surface area contributed by atoms with Crippen LogP contribution in [-0.4, -0.2) is 24.7 Å². The first-order valence-electron chi connectivity index (χ1n) is 5.64. The number of hydrogen-bond donors (Lipinski definition) is 3. The van der Waals surface area contributed by atoms with Crippen LogP contribution in [0.25, 0.3) is 0 Å². The molecule has 1 heterocycles. The van der Waals surface area contributed by atoms with Crippen molar-refractivity contribution in [2.24, 2.45) is 5.92 Å². The van der Waals surface area contributed by atoms with E-state index in [0.717, 1.165) is 12.8 Å².